The lowest BCUT2D eigenvalue weighted by Crippen LogP contribution is -2.44. The molecule has 0 unspecified atom stereocenters. The second-order valence-corrected chi connectivity index (χ2v) is 6.59. The summed E-state index contributed by atoms with van der Waals surface area (Å²) in [6.45, 7) is 3.65. The molecule has 0 saturated carbocycles. The molecule has 1 aromatic heterocycles. The molecule has 0 aliphatic carbocycles. The second kappa shape index (κ2) is 6.94. The van der Waals surface area contributed by atoms with Crippen LogP contribution in [-0.2, 0) is 5.75 Å². The number of hydrogen-bond acceptors (Lipinski definition) is 4. The van der Waals surface area contributed by atoms with Gasteiger partial charge in [0.2, 0.25) is 0 Å². The summed E-state index contributed by atoms with van der Waals surface area (Å²) < 4.78 is 2.21. The van der Waals surface area contributed by atoms with Gasteiger partial charge in [-0.05, 0) is 23.8 Å². The van der Waals surface area contributed by atoms with E-state index in [-0.39, 0.29) is 0 Å². The summed E-state index contributed by atoms with van der Waals surface area (Å²) in [4.78, 5) is 14.3. The minimum atomic E-state index is 0.719. The van der Waals surface area contributed by atoms with E-state index in [4.69, 9.17) is 0 Å². The Kier molecular flexibility index (Phi) is 4.51. The van der Waals surface area contributed by atoms with Gasteiger partial charge in [-0.25, -0.2) is 0 Å². The molecule has 1 N–H and O–H groups in total. The highest BCUT2D eigenvalue weighted by atomic mass is 32.1. The molecule has 1 fully saturated rings. The molecule has 2 heterocycles. The summed E-state index contributed by atoms with van der Waals surface area (Å²) in [5.41, 5.74) is 4.10. The number of thiol groups is 1. The Morgan fingerprint density at radius 3 is 2.44 bits per heavy atom. The maximum atomic E-state index is 12.0. The fourth-order valence-electron chi connectivity index (χ4n) is 3.57. The van der Waals surface area contributed by atoms with Crippen molar-refractivity contribution in [2.75, 3.05) is 31.1 Å². The summed E-state index contributed by atoms with van der Waals surface area (Å²) in [7, 11) is 0. The molecule has 1 aliphatic heterocycles. The Hall–Kier alpha value is -2.24. The Labute approximate surface area is 152 Å². The van der Waals surface area contributed by atoms with Crippen LogP contribution in [0.2, 0.25) is 0 Å². The van der Waals surface area contributed by atoms with Gasteiger partial charge >= 0.3 is 0 Å². The second-order valence-electron chi connectivity index (χ2n) is 6.27. The van der Waals surface area contributed by atoms with E-state index in [9.17, 15) is 4.79 Å². The van der Waals surface area contributed by atoms with Crippen molar-refractivity contribution in [2.45, 2.75) is 5.75 Å². The average molecular weight is 351 g/mol. The predicted octanol–water partition coefficient (Wildman–Crippen LogP) is 3.28. The molecule has 25 heavy (non-hydrogen) atoms. The van der Waals surface area contributed by atoms with E-state index in [1.165, 1.54) is 5.56 Å². The van der Waals surface area contributed by atoms with Gasteiger partial charge < -0.3 is 10.2 Å². The number of hydrogen-bond donors (Lipinski definition) is 2. The Balaban J connectivity index is 1.97. The van der Waals surface area contributed by atoms with E-state index >= 15 is 0 Å². The third-order valence-electron chi connectivity index (χ3n) is 4.80. The standard InChI is InChI=1S/C20H21N3OS/c24-13-18-17-3-1-2-4-19(17)23(16-7-5-15(14-25)6-8-16)20(18)22-11-9-21-10-12-22/h1-8,13,21,25H,9-12,14H2. The molecule has 0 atom stereocenters. The largest absolute Gasteiger partial charge is 0.355 e. The molecule has 1 saturated heterocycles. The zero-order valence-corrected chi connectivity index (χ0v) is 14.9. The lowest BCUT2D eigenvalue weighted by Gasteiger charge is -2.31. The average Bonchev–Trinajstić information content (AvgIpc) is 3.03. The van der Waals surface area contributed by atoms with Crippen LogP contribution >= 0.6 is 12.6 Å². The third kappa shape index (κ3) is 2.83. The SMILES string of the molecule is O=Cc1c(N2CCNCC2)n(-c2ccc(CS)cc2)c2ccccc12. The summed E-state index contributed by atoms with van der Waals surface area (Å²) in [6.07, 6.45) is 0.998. The molecule has 128 valence electrons. The van der Waals surface area contributed by atoms with Crippen LogP contribution in [0.3, 0.4) is 0 Å². The van der Waals surface area contributed by atoms with Crippen LogP contribution in [0.25, 0.3) is 16.6 Å². The van der Waals surface area contributed by atoms with E-state index in [2.05, 4.69) is 57.7 Å². The van der Waals surface area contributed by atoms with Crippen molar-refractivity contribution in [3.8, 4) is 5.69 Å². The van der Waals surface area contributed by atoms with Crippen LogP contribution in [0, 0.1) is 0 Å². The van der Waals surface area contributed by atoms with Crippen LogP contribution in [-0.4, -0.2) is 37.0 Å². The van der Waals surface area contributed by atoms with E-state index in [0.717, 1.165) is 66.2 Å². The number of para-hydroxylation sites is 1. The van der Waals surface area contributed by atoms with Crippen LogP contribution in [0.4, 0.5) is 5.82 Å². The lowest BCUT2D eigenvalue weighted by molar-refractivity contribution is 0.112. The van der Waals surface area contributed by atoms with E-state index < -0.39 is 0 Å². The summed E-state index contributed by atoms with van der Waals surface area (Å²) >= 11 is 4.34. The minimum Gasteiger partial charge on any atom is -0.355 e. The van der Waals surface area contributed by atoms with Crippen molar-refractivity contribution in [1.29, 1.82) is 0 Å². The number of nitrogens with one attached hydrogen (secondary N) is 1. The third-order valence-corrected chi connectivity index (χ3v) is 5.16. The van der Waals surface area contributed by atoms with Crippen LogP contribution in [0.1, 0.15) is 15.9 Å². The quantitative estimate of drug-likeness (QED) is 0.559. The smallest absolute Gasteiger partial charge is 0.154 e. The molecule has 5 heteroatoms. The van der Waals surface area contributed by atoms with Crippen LogP contribution < -0.4 is 10.2 Å². The number of rotatable bonds is 4. The van der Waals surface area contributed by atoms with E-state index in [1.54, 1.807) is 0 Å². The molecule has 0 bridgehead atoms. The minimum absolute atomic E-state index is 0.719. The first kappa shape index (κ1) is 16.2. The van der Waals surface area contributed by atoms with Crippen LogP contribution in [0.5, 0.6) is 0 Å². The van der Waals surface area contributed by atoms with Crippen molar-refractivity contribution in [3.63, 3.8) is 0 Å². The fraction of sp³-hybridized carbons (Fsp3) is 0.250. The van der Waals surface area contributed by atoms with Crippen molar-refractivity contribution in [3.05, 3.63) is 59.7 Å². The Morgan fingerprint density at radius 1 is 1.04 bits per heavy atom. The maximum Gasteiger partial charge on any atom is 0.154 e. The first-order valence-corrected chi connectivity index (χ1v) is 9.21. The predicted molar refractivity (Wildman–Crippen MR) is 106 cm³/mol. The van der Waals surface area contributed by atoms with Gasteiger partial charge in [0, 0.05) is 43.0 Å². The van der Waals surface area contributed by atoms with Gasteiger partial charge in [0.25, 0.3) is 0 Å². The van der Waals surface area contributed by atoms with Gasteiger partial charge in [-0.15, -0.1) is 0 Å². The number of anilines is 1. The lowest BCUT2D eigenvalue weighted by atomic mass is 10.2. The highest BCUT2D eigenvalue weighted by Gasteiger charge is 2.23. The molecule has 2 aromatic carbocycles. The van der Waals surface area contributed by atoms with Crippen molar-refractivity contribution >= 4 is 35.6 Å². The monoisotopic (exact) mass is 351 g/mol. The molecular weight excluding hydrogens is 330 g/mol. The zero-order chi connectivity index (χ0) is 17.2. The van der Waals surface area contributed by atoms with Crippen molar-refractivity contribution in [1.82, 2.24) is 9.88 Å². The number of aromatic nitrogens is 1. The maximum absolute atomic E-state index is 12.0. The molecule has 4 rings (SSSR count). The van der Waals surface area contributed by atoms with Crippen LogP contribution in [0.15, 0.2) is 48.5 Å². The van der Waals surface area contributed by atoms with Gasteiger partial charge in [-0.2, -0.15) is 12.6 Å². The van der Waals surface area contributed by atoms with Gasteiger partial charge in [0.05, 0.1) is 11.1 Å². The first-order chi connectivity index (χ1) is 12.3. The molecular formula is C20H21N3OS. The zero-order valence-electron chi connectivity index (χ0n) is 14.0. The van der Waals surface area contributed by atoms with Gasteiger partial charge in [-0.1, -0.05) is 30.3 Å². The summed E-state index contributed by atoms with van der Waals surface area (Å²) in [6, 6.07) is 16.5. The molecule has 0 amide bonds. The fourth-order valence-corrected chi connectivity index (χ4v) is 3.78. The molecule has 4 nitrogen and oxygen atoms in total. The molecule has 1 aliphatic rings. The topological polar surface area (TPSA) is 37.3 Å². The summed E-state index contributed by atoms with van der Waals surface area (Å²) in [5.74, 6) is 1.72. The van der Waals surface area contributed by atoms with Gasteiger partial charge in [0.1, 0.15) is 5.82 Å². The molecule has 0 spiro atoms. The first-order valence-electron chi connectivity index (χ1n) is 8.58. The highest BCUT2D eigenvalue weighted by Crippen LogP contribution is 2.35. The Morgan fingerprint density at radius 2 is 1.76 bits per heavy atom. The number of carbonyl (C=O) groups excluding carboxylic acids is 1. The highest BCUT2D eigenvalue weighted by molar-refractivity contribution is 7.79. The number of carbonyl (C=O) groups is 1. The van der Waals surface area contributed by atoms with Crippen molar-refractivity contribution in [2.24, 2.45) is 0 Å². The number of aldehydes is 1. The van der Waals surface area contributed by atoms with Gasteiger partial charge in [-0.3, -0.25) is 9.36 Å². The van der Waals surface area contributed by atoms with Crippen molar-refractivity contribution < 1.29 is 4.79 Å². The van der Waals surface area contributed by atoms with E-state index in [1.807, 2.05) is 18.2 Å². The van der Waals surface area contributed by atoms with E-state index in [0.29, 0.717) is 0 Å². The number of fused-ring (bicyclic) bond motifs is 1. The number of nitrogens with zero attached hydrogens (tertiary/aromatic N) is 2. The Bertz CT molecular complexity index is 895. The number of benzene rings is 2. The molecule has 0 radical (unpaired) electrons. The van der Waals surface area contributed by atoms with Gasteiger partial charge in [0.15, 0.2) is 6.29 Å². The molecule has 3 aromatic rings. The summed E-state index contributed by atoms with van der Waals surface area (Å²) in [5, 5.41) is 4.39. The number of piperazine rings is 1. The normalized spacial score (nSPS) is 14.8.